The third kappa shape index (κ3) is 5.08. The molecule has 27 heavy (non-hydrogen) atoms. The first-order valence-corrected chi connectivity index (χ1v) is 9.97. The van der Waals surface area contributed by atoms with Gasteiger partial charge in [-0.05, 0) is 31.1 Å². The molecule has 0 bridgehead atoms. The molecule has 0 amide bonds. The fourth-order valence-electron chi connectivity index (χ4n) is 3.99. The van der Waals surface area contributed by atoms with Crippen molar-refractivity contribution in [3.05, 3.63) is 56.2 Å². The van der Waals surface area contributed by atoms with Crippen LogP contribution in [0.1, 0.15) is 65.1 Å². The molecule has 3 aromatic heterocycles. The molecule has 3 atom stereocenters. The summed E-state index contributed by atoms with van der Waals surface area (Å²) in [6.07, 6.45) is 21.0. The Hall–Kier alpha value is -2.37. The Morgan fingerprint density at radius 1 is 0.630 bits per heavy atom. The quantitative estimate of drug-likeness (QED) is 0.517. The van der Waals surface area contributed by atoms with Crippen LogP contribution < -0.4 is 0 Å². The molecule has 0 N–H and O–H groups in total. The lowest BCUT2D eigenvalue weighted by molar-refractivity contribution is 0.246. The van der Waals surface area contributed by atoms with Gasteiger partial charge in [-0.15, -0.1) is 0 Å². The molecule has 0 saturated heterocycles. The average Bonchev–Trinajstić information content (AvgIpc) is 3.40. The van der Waals surface area contributed by atoms with Crippen LogP contribution in [0.15, 0.2) is 56.2 Å². The third-order valence-corrected chi connectivity index (χ3v) is 5.37. The Morgan fingerprint density at radius 2 is 1.11 bits per heavy atom. The molecule has 0 fully saturated rings. The van der Waals surface area contributed by atoms with E-state index in [9.17, 15) is 0 Å². The van der Waals surface area contributed by atoms with E-state index in [1.54, 1.807) is 0 Å². The molecule has 0 aliphatic carbocycles. The smallest absolute Gasteiger partial charge is 0.0948 e. The topological polar surface area (TPSA) is 53.5 Å². The number of rotatable bonds is 10. The fraction of sp³-hybridized carbons (Fsp3) is 0.571. The normalized spacial score (nSPS) is 15.3. The minimum Gasteiger partial charge on any atom is -0.334 e. The van der Waals surface area contributed by atoms with Crippen LogP contribution in [0.4, 0.5) is 0 Å². The first-order chi connectivity index (χ1) is 13.0. The van der Waals surface area contributed by atoms with Gasteiger partial charge in [-0.3, -0.25) is 0 Å². The molecular formula is C21H32N6. The summed E-state index contributed by atoms with van der Waals surface area (Å²) < 4.78 is 6.80. The van der Waals surface area contributed by atoms with Crippen LogP contribution in [-0.4, -0.2) is 28.7 Å². The van der Waals surface area contributed by atoms with Gasteiger partial charge in [-0.2, -0.15) is 0 Å². The van der Waals surface area contributed by atoms with Crippen molar-refractivity contribution < 1.29 is 0 Å². The standard InChI is InChI=1S/C21H32N6/c1-17(2)11-19(25-8-5-22-14-25)12-20(26-9-6-23-15-26)13-21(18(3)4)27-10-7-24-16-27/h5-10,14-21H,11-13H2,1-4H3. The minimum absolute atomic E-state index is 0.369. The number of imidazole rings is 3. The van der Waals surface area contributed by atoms with Gasteiger partial charge in [0, 0.05) is 55.3 Å². The lowest BCUT2D eigenvalue weighted by atomic mass is 9.90. The fourth-order valence-corrected chi connectivity index (χ4v) is 3.99. The highest BCUT2D eigenvalue weighted by Gasteiger charge is 2.25. The monoisotopic (exact) mass is 368 g/mol. The van der Waals surface area contributed by atoms with Crippen LogP contribution in [0.2, 0.25) is 0 Å². The van der Waals surface area contributed by atoms with Crippen LogP contribution in [0.3, 0.4) is 0 Å². The summed E-state index contributed by atoms with van der Waals surface area (Å²) in [5.41, 5.74) is 0. The molecule has 0 spiro atoms. The van der Waals surface area contributed by atoms with Gasteiger partial charge in [-0.1, -0.05) is 27.7 Å². The third-order valence-electron chi connectivity index (χ3n) is 5.37. The van der Waals surface area contributed by atoms with Gasteiger partial charge < -0.3 is 13.7 Å². The maximum atomic E-state index is 4.31. The Balaban J connectivity index is 1.84. The van der Waals surface area contributed by atoms with Crippen molar-refractivity contribution in [2.45, 2.75) is 65.1 Å². The van der Waals surface area contributed by atoms with Gasteiger partial charge in [0.2, 0.25) is 0 Å². The van der Waals surface area contributed by atoms with Crippen molar-refractivity contribution in [3.8, 4) is 0 Å². The van der Waals surface area contributed by atoms with E-state index < -0.39 is 0 Å². The molecular weight excluding hydrogens is 336 g/mol. The van der Waals surface area contributed by atoms with E-state index in [2.05, 4.69) is 74.9 Å². The van der Waals surface area contributed by atoms with E-state index in [0.29, 0.717) is 30.0 Å². The van der Waals surface area contributed by atoms with Crippen LogP contribution in [-0.2, 0) is 0 Å². The Kier molecular flexibility index (Phi) is 6.48. The summed E-state index contributed by atoms with van der Waals surface area (Å²) in [5, 5.41) is 0. The van der Waals surface area contributed by atoms with Gasteiger partial charge in [0.15, 0.2) is 0 Å². The molecule has 146 valence electrons. The van der Waals surface area contributed by atoms with Gasteiger partial charge in [0.25, 0.3) is 0 Å². The van der Waals surface area contributed by atoms with Crippen molar-refractivity contribution in [1.82, 2.24) is 28.7 Å². The largest absolute Gasteiger partial charge is 0.334 e. The Morgan fingerprint density at radius 3 is 1.52 bits per heavy atom. The lowest BCUT2D eigenvalue weighted by Gasteiger charge is -2.31. The lowest BCUT2D eigenvalue weighted by Crippen LogP contribution is -2.23. The van der Waals surface area contributed by atoms with E-state index in [1.807, 2.05) is 37.6 Å². The molecule has 3 heterocycles. The molecule has 0 aromatic carbocycles. The number of aromatic nitrogens is 6. The SMILES string of the molecule is CC(C)CC(CC(CC(C(C)C)n1ccnc1)n1ccnc1)n1ccnc1. The van der Waals surface area contributed by atoms with Crippen LogP contribution in [0.5, 0.6) is 0 Å². The van der Waals surface area contributed by atoms with E-state index in [0.717, 1.165) is 19.3 Å². The number of nitrogens with zero attached hydrogens (tertiary/aromatic N) is 6. The van der Waals surface area contributed by atoms with E-state index in [1.165, 1.54) is 0 Å². The summed E-state index contributed by atoms with van der Waals surface area (Å²) in [4.78, 5) is 12.9. The molecule has 3 unspecified atom stereocenters. The highest BCUT2D eigenvalue weighted by molar-refractivity contribution is 4.90. The van der Waals surface area contributed by atoms with Gasteiger partial charge in [0.05, 0.1) is 19.0 Å². The maximum absolute atomic E-state index is 4.31. The molecule has 0 aliphatic heterocycles. The van der Waals surface area contributed by atoms with Gasteiger partial charge in [0.1, 0.15) is 0 Å². The van der Waals surface area contributed by atoms with E-state index in [4.69, 9.17) is 0 Å². The molecule has 3 aromatic rings. The molecule has 6 nitrogen and oxygen atoms in total. The van der Waals surface area contributed by atoms with E-state index >= 15 is 0 Å². The van der Waals surface area contributed by atoms with Gasteiger partial charge >= 0.3 is 0 Å². The highest BCUT2D eigenvalue weighted by Crippen LogP contribution is 2.35. The minimum atomic E-state index is 0.369. The zero-order valence-corrected chi connectivity index (χ0v) is 16.9. The molecule has 0 radical (unpaired) electrons. The molecule has 3 rings (SSSR count). The maximum Gasteiger partial charge on any atom is 0.0948 e. The first kappa shape index (κ1) is 19.4. The van der Waals surface area contributed by atoms with Crippen molar-refractivity contribution in [3.63, 3.8) is 0 Å². The summed E-state index contributed by atoms with van der Waals surface area (Å²) in [5.74, 6) is 1.16. The van der Waals surface area contributed by atoms with Crippen LogP contribution in [0.25, 0.3) is 0 Å². The predicted octanol–water partition coefficient (Wildman–Crippen LogP) is 4.78. The predicted molar refractivity (Wildman–Crippen MR) is 107 cm³/mol. The number of hydrogen-bond donors (Lipinski definition) is 0. The average molecular weight is 369 g/mol. The van der Waals surface area contributed by atoms with Gasteiger partial charge in [-0.25, -0.2) is 15.0 Å². The first-order valence-electron chi connectivity index (χ1n) is 9.97. The second kappa shape index (κ2) is 9.02. The summed E-state index contributed by atoms with van der Waals surface area (Å²) >= 11 is 0. The highest BCUT2D eigenvalue weighted by atomic mass is 15.1. The van der Waals surface area contributed by atoms with Crippen molar-refractivity contribution in [2.75, 3.05) is 0 Å². The van der Waals surface area contributed by atoms with Crippen molar-refractivity contribution >= 4 is 0 Å². The molecule has 6 heteroatoms. The van der Waals surface area contributed by atoms with Crippen LogP contribution >= 0.6 is 0 Å². The van der Waals surface area contributed by atoms with Crippen LogP contribution in [0, 0.1) is 11.8 Å². The number of hydrogen-bond acceptors (Lipinski definition) is 3. The van der Waals surface area contributed by atoms with Crippen molar-refractivity contribution in [1.29, 1.82) is 0 Å². The Bertz CT molecular complexity index is 743. The van der Waals surface area contributed by atoms with E-state index in [-0.39, 0.29) is 0 Å². The molecule has 0 aliphatic rings. The zero-order chi connectivity index (χ0) is 19.2. The second-order valence-corrected chi connectivity index (χ2v) is 8.25. The second-order valence-electron chi connectivity index (χ2n) is 8.25. The summed E-state index contributed by atoms with van der Waals surface area (Å²) in [6, 6.07) is 1.20. The summed E-state index contributed by atoms with van der Waals surface area (Å²) in [6.45, 7) is 9.16. The van der Waals surface area contributed by atoms with Crippen molar-refractivity contribution in [2.24, 2.45) is 11.8 Å². The molecule has 0 saturated carbocycles. The zero-order valence-electron chi connectivity index (χ0n) is 16.9. The summed E-state index contributed by atoms with van der Waals surface area (Å²) in [7, 11) is 0. The Labute approximate surface area is 162 Å².